The molecule has 0 aliphatic carbocycles. The van der Waals surface area contributed by atoms with Crippen molar-refractivity contribution >= 4 is 29.5 Å². The highest BCUT2D eigenvalue weighted by Gasteiger charge is 2.39. The third kappa shape index (κ3) is 3.62. The lowest BCUT2D eigenvalue weighted by Gasteiger charge is -2.37. The maximum Gasteiger partial charge on any atom is 0.274 e. The summed E-state index contributed by atoms with van der Waals surface area (Å²) in [6.45, 7) is 9.92. The van der Waals surface area contributed by atoms with E-state index in [2.05, 4.69) is 4.39 Å². The second-order valence-corrected chi connectivity index (χ2v) is 14.0. The van der Waals surface area contributed by atoms with Gasteiger partial charge in [0.15, 0.2) is 0 Å². The first kappa shape index (κ1) is 16.7. The minimum Gasteiger partial charge on any atom is -0.249 e. The molecule has 0 fully saturated rings. The topological polar surface area (TPSA) is 53.0 Å². The Morgan fingerprint density at radius 3 is 2.37 bits per heavy atom. The van der Waals surface area contributed by atoms with Gasteiger partial charge in [0.1, 0.15) is 18.2 Å². The van der Waals surface area contributed by atoms with Gasteiger partial charge in [-0.2, -0.15) is 0 Å². The molecular weight excluding hydrogens is 306 g/mol. The molecule has 2 N–H and O–H groups in total. The van der Waals surface area contributed by atoms with Gasteiger partial charge in [-0.05, 0) is 16.5 Å². The fraction of sp³-hybridized carbons (Fsp3) is 0.636. The van der Waals surface area contributed by atoms with Crippen LogP contribution in [-0.4, -0.2) is 12.4 Å². The van der Waals surface area contributed by atoms with Crippen molar-refractivity contribution in [1.82, 2.24) is 4.39 Å². The SMILES string of the molecule is CC(C)(C)[Si](C)(C)NS(=N)(=O)c1ccsc1C(F)F. The number of nitrogens with one attached hydrogen (secondary N) is 2. The largest absolute Gasteiger partial charge is 0.274 e. The van der Waals surface area contributed by atoms with E-state index >= 15 is 0 Å². The molecule has 0 amide bonds. The van der Waals surface area contributed by atoms with Crippen molar-refractivity contribution in [3.8, 4) is 0 Å². The molecule has 110 valence electrons. The van der Waals surface area contributed by atoms with Crippen LogP contribution in [0.1, 0.15) is 32.1 Å². The Morgan fingerprint density at radius 1 is 1.42 bits per heavy atom. The van der Waals surface area contributed by atoms with Crippen molar-refractivity contribution in [3.63, 3.8) is 0 Å². The molecule has 0 saturated heterocycles. The standard InChI is InChI=1S/C11H20F2N2OS2Si/c1-11(2,3)19(4,5)15-18(14,16)8-6-7-17-9(8)10(12)13/h6-7,10H,1-5H3,(H2,14,15,16). The van der Waals surface area contributed by atoms with Gasteiger partial charge in [0.25, 0.3) is 6.43 Å². The summed E-state index contributed by atoms with van der Waals surface area (Å²) in [6, 6.07) is 1.36. The van der Waals surface area contributed by atoms with E-state index in [0.717, 1.165) is 11.3 Å². The zero-order valence-electron chi connectivity index (χ0n) is 11.7. The number of thiophene rings is 1. The minimum atomic E-state index is -3.39. The molecule has 1 atom stereocenters. The fourth-order valence-electron chi connectivity index (χ4n) is 1.27. The van der Waals surface area contributed by atoms with Gasteiger partial charge in [-0.25, -0.2) is 22.2 Å². The molecule has 1 heterocycles. The van der Waals surface area contributed by atoms with Crippen LogP contribution in [0.5, 0.6) is 0 Å². The Labute approximate surface area is 118 Å². The van der Waals surface area contributed by atoms with Crippen molar-refractivity contribution < 1.29 is 13.0 Å². The maximum absolute atomic E-state index is 12.8. The van der Waals surface area contributed by atoms with Crippen molar-refractivity contribution in [2.75, 3.05) is 0 Å². The molecule has 3 nitrogen and oxygen atoms in total. The first-order valence-corrected chi connectivity index (χ1v) is 11.3. The van der Waals surface area contributed by atoms with Crippen LogP contribution in [-0.2, 0) is 9.92 Å². The Hall–Kier alpha value is -0.313. The molecular formula is C11H20F2N2OS2Si. The molecule has 0 aliphatic rings. The second kappa shape index (κ2) is 5.23. The van der Waals surface area contributed by atoms with Crippen LogP contribution in [0, 0.1) is 4.78 Å². The molecule has 19 heavy (non-hydrogen) atoms. The highest BCUT2D eigenvalue weighted by molar-refractivity contribution is 7.92. The van der Waals surface area contributed by atoms with E-state index in [1.807, 2.05) is 33.9 Å². The average molecular weight is 327 g/mol. The molecule has 1 aromatic rings. The van der Waals surface area contributed by atoms with Crippen LogP contribution in [0.15, 0.2) is 16.3 Å². The summed E-state index contributed by atoms with van der Waals surface area (Å²) in [4.78, 5) is -0.344. The summed E-state index contributed by atoms with van der Waals surface area (Å²) < 4.78 is 49.0. The zero-order chi connectivity index (χ0) is 15.1. The molecule has 0 radical (unpaired) electrons. The lowest BCUT2D eigenvalue weighted by atomic mass is 10.2. The van der Waals surface area contributed by atoms with Crippen molar-refractivity contribution in [2.24, 2.45) is 0 Å². The summed E-state index contributed by atoms with van der Waals surface area (Å²) in [5.41, 5.74) is 0. The van der Waals surface area contributed by atoms with Gasteiger partial charge in [-0.1, -0.05) is 33.9 Å². The van der Waals surface area contributed by atoms with Gasteiger partial charge >= 0.3 is 0 Å². The Bertz CT molecular complexity index is 547. The zero-order valence-corrected chi connectivity index (χ0v) is 14.3. The van der Waals surface area contributed by atoms with E-state index in [-0.39, 0.29) is 14.8 Å². The average Bonchev–Trinajstić information content (AvgIpc) is 2.62. The third-order valence-corrected chi connectivity index (χ3v) is 12.4. The van der Waals surface area contributed by atoms with Crippen LogP contribution in [0.4, 0.5) is 8.78 Å². The van der Waals surface area contributed by atoms with Crippen molar-refractivity contribution in [1.29, 1.82) is 4.78 Å². The summed E-state index contributed by atoms with van der Waals surface area (Å²) in [7, 11) is -5.60. The van der Waals surface area contributed by atoms with Crippen molar-refractivity contribution in [3.05, 3.63) is 16.3 Å². The first-order chi connectivity index (χ1) is 8.38. The molecule has 0 aliphatic heterocycles. The summed E-state index contributed by atoms with van der Waals surface area (Å²) in [5, 5.41) is 1.33. The molecule has 1 unspecified atom stereocenters. The summed E-state index contributed by atoms with van der Waals surface area (Å²) in [5.74, 6) is 0. The number of rotatable bonds is 4. The Balaban J connectivity index is 3.17. The van der Waals surface area contributed by atoms with Gasteiger partial charge in [0.05, 0.1) is 9.77 Å². The molecule has 1 aromatic heterocycles. The van der Waals surface area contributed by atoms with E-state index in [1.165, 1.54) is 11.4 Å². The summed E-state index contributed by atoms with van der Waals surface area (Å²) >= 11 is 0.844. The van der Waals surface area contributed by atoms with Gasteiger partial charge in [0, 0.05) is 0 Å². The molecule has 0 spiro atoms. The van der Waals surface area contributed by atoms with Crippen LogP contribution in [0.2, 0.25) is 18.1 Å². The number of halogens is 2. The maximum atomic E-state index is 12.8. The van der Waals surface area contributed by atoms with E-state index in [0.29, 0.717) is 0 Å². The van der Waals surface area contributed by atoms with Crippen LogP contribution in [0.3, 0.4) is 0 Å². The fourth-order valence-corrected chi connectivity index (χ4v) is 7.66. The summed E-state index contributed by atoms with van der Waals surface area (Å²) in [6.07, 6.45) is -2.69. The molecule has 1 rings (SSSR count). The lowest BCUT2D eigenvalue weighted by molar-refractivity contribution is 0.152. The van der Waals surface area contributed by atoms with E-state index in [1.54, 1.807) is 0 Å². The van der Waals surface area contributed by atoms with E-state index in [9.17, 15) is 13.0 Å². The molecule has 0 aromatic carbocycles. The van der Waals surface area contributed by atoms with Crippen molar-refractivity contribution in [2.45, 2.75) is 50.2 Å². The smallest absolute Gasteiger partial charge is 0.249 e. The Kier molecular flexibility index (Phi) is 4.61. The minimum absolute atomic E-state index is 0.0719. The second-order valence-electron chi connectivity index (χ2n) is 5.98. The van der Waals surface area contributed by atoms with Gasteiger partial charge in [-0.15, -0.1) is 11.3 Å². The van der Waals surface area contributed by atoms with Crippen LogP contribution >= 0.6 is 11.3 Å². The number of alkyl halides is 2. The van der Waals surface area contributed by atoms with Crippen LogP contribution < -0.4 is 4.39 Å². The number of hydrogen-bond donors (Lipinski definition) is 2. The predicted molar refractivity (Wildman–Crippen MR) is 78.7 cm³/mol. The molecule has 8 heteroatoms. The van der Waals surface area contributed by atoms with E-state index in [4.69, 9.17) is 4.78 Å². The highest BCUT2D eigenvalue weighted by atomic mass is 32.2. The van der Waals surface area contributed by atoms with Gasteiger partial charge in [-0.3, -0.25) is 0 Å². The Morgan fingerprint density at radius 2 is 1.95 bits per heavy atom. The van der Waals surface area contributed by atoms with E-state index < -0.39 is 24.6 Å². The van der Waals surface area contributed by atoms with Gasteiger partial charge < -0.3 is 0 Å². The quantitative estimate of drug-likeness (QED) is 0.781. The lowest BCUT2D eigenvalue weighted by Crippen LogP contribution is -2.54. The number of hydrogen-bond acceptors (Lipinski definition) is 3. The molecule has 0 bridgehead atoms. The molecule has 0 saturated carbocycles. The monoisotopic (exact) mass is 326 g/mol. The normalized spacial score (nSPS) is 16.6. The predicted octanol–water partition coefficient (Wildman–Crippen LogP) is 4.60. The highest BCUT2D eigenvalue weighted by Crippen LogP contribution is 2.37. The first-order valence-electron chi connectivity index (χ1n) is 5.82. The van der Waals surface area contributed by atoms with Crippen LogP contribution in [0.25, 0.3) is 0 Å². The third-order valence-electron chi connectivity index (χ3n) is 3.44. The van der Waals surface area contributed by atoms with Gasteiger partial charge in [0.2, 0.25) is 0 Å².